The maximum Gasteiger partial charge on any atom is 0.305 e. The number of anilines is 1. The van der Waals surface area contributed by atoms with Gasteiger partial charge in [-0.3, -0.25) is 9.59 Å². The third kappa shape index (κ3) is 6.06. The molecule has 0 aliphatic carbocycles. The summed E-state index contributed by atoms with van der Waals surface area (Å²) in [6.07, 6.45) is -0.0837. The van der Waals surface area contributed by atoms with Gasteiger partial charge >= 0.3 is 5.97 Å². The Morgan fingerprint density at radius 2 is 1.89 bits per heavy atom. The van der Waals surface area contributed by atoms with Crippen molar-refractivity contribution in [1.29, 1.82) is 0 Å². The summed E-state index contributed by atoms with van der Waals surface area (Å²) in [5.41, 5.74) is 2.74. The molecule has 6 nitrogen and oxygen atoms in total. The van der Waals surface area contributed by atoms with E-state index in [2.05, 4.69) is 43.3 Å². The van der Waals surface area contributed by atoms with Crippen molar-refractivity contribution in [2.45, 2.75) is 46.1 Å². The van der Waals surface area contributed by atoms with Crippen molar-refractivity contribution in [3.8, 4) is 0 Å². The van der Waals surface area contributed by atoms with E-state index in [0.717, 1.165) is 22.9 Å². The predicted octanol–water partition coefficient (Wildman–Crippen LogP) is 3.67. The summed E-state index contributed by atoms with van der Waals surface area (Å²) in [7, 11) is 0. The number of carboxylic acid groups (broad SMARTS) is 1. The molecule has 7 heteroatoms. The Balaban J connectivity index is 2.00. The van der Waals surface area contributed by atoms with Crippen LogP contribution in [0.25, 0.3) is 0 Å². The lowest BCUT2D eigenvalue weighted by atomic mass is 9.93. The normalized spacial score (nSPS) is 11.3. The van der Waals surface area contributed by atoms with Crippen molar-refractivity contribution in [3.05, 3.63) is 46.5 Å². The number of nitrogens with one attached hydrogen (secondary N) is 1. The average molecular weight is 390 g/mol. The monoisotopic (exact) mass is 389 g/mol. The maximum atomic E-state index is 12.0. The van der Waals surface area contributed by atoms with Gasteiger partial charge in [0.15, 0.2) is 5.13 Å². The van der Waals surface area contributed by atoms with E-state index in [4.69, 9.17) is 10.1 Å². The molecule has 2 aromatic rings. The highest BCUT2D eigenvalue weighted by Crippen LogP contribution is 2.29. The number of aromatic nitrogens is 1. The van der Waals surface area contributed by atoms with Crippen LogP contribution in [-0.4, -0.2) is 35.1 Å². The SMILES string of the molecule is CCN(Cc1ccc(C(=O)NCCC(=O)O)cc1)c1nc(C(C)(C)C)cs1. The molecule has 2 N–H and O–H groups in total. The number of hydrogen-bond donors (Lipinski definition) is 2. The summed E-state index contributed by atoms with van der Waals surface area (Å²) in [4.78, 5) is 29.5. The average Bonchev–Trinajstić information content (AvgIpc) is 3.10. The van der Waals surface area contributed by atoms with Crippen LogP contribution in [-0.2, 0) is 16.8 Å². The lowest BCUT2D eigenvalue weighted by Gasteiger charge is -2.21. The van der Waals surface area contributed by atoms with Crippen molar-refractivity contribution in [2.24, 2.45) is 0 Å². The molecule has 146 valence electrons. The lowest BCUT2D eigenvalue weighted by Crippen LogP contribution is -2.26. The van der Waals surface area contributed by atoms with Gasteiger partial charge in [0.2, 0.25) is 0 Å². The Kier molecular flexibility index (Phi) is 6.96. The summed E-state index contributed by atoms with van der Waals surface area (Å²) in [5, 5.41) is 14.3. The number of carboxylic acids is 1. The molecule has 0 bridgehead atoms. The molecule has 27 heavy (non-hydrogen) atoms. The van der Waals surface area contributed by atoms with Gasteiger partial charge in [0.25, 0.3) is 5.91 Å². The summed E-state index contributed by atoms with van der Waals surface area (Å²) < 4.78 is 0. The number of amides is 1. The molecule has 0 saturated heterocycles. The number of benzene rings is 1. The van der Waals surface area contributed by atoms with Gasteiger partial charge in [-0.25, -0.2) is 4.98 Å². The van der Waals surface area contributed by atoms with Crippen molar-refractivity contribution < 1.29 is 14.7 Å². The molecule has 0 aliphatic rings. The molecule has 0 aliphatic heterocycles. The van der Waals surface area contributed by atoms with Gasteiger partial charge in [-0.2, -0.15) is 0 Å². The Bertz CT molecular complexity index is 779. The number of rotatable bonds is 8. The smallest absolute Gasteiger partial charge is 0.305 e. The molecule has 0 fully saturated rings. The Hall–Kier alpha value is -2.41. The molecule has 1 aromatic carbocycles. The van der Waals surface area contributed by atoms with Gasteiger partial charge in [0, 0.05) is 36.0 Å². The summed E-state index contributed by atoms with van der Waals surface area (Å²) >= 11 is 1.65. The van der Waals surface area contributed by atoms with Gasteiger partial charge in [0.05, 0.1) is 12.1 Å². The van der Waals surface area contributed by atoms with Crippen LogP contribution in [0, 0.1) is 0 Å². The van der Waals surface area contributed by atoms with E-state index in [0.29, 0.717) is 12.1 Å². The Morgan fingerprint density at radius 1 is 1.22 bits per heavy atom. The zero-order chi connectivity index (χ0) is 20.0. The lowest BCUT2D eigenvalue weighted by molar-refractivity contribution is -0.136. The number of thiazole rings is 1. The van der Waals surface area contributed by atoms with E-state index >= 15 is 0 Å². The minimum Gasteiger partial charge on any atom is -0.481 e. The van der Waals surface area contributed by atoms with Crippen LogP contribution in [0.15, 0.2) is 29.6 Å². The number of carbonyl (C=O) groups excluding carboxylic acids is 1. The second kappa shape index (κ2) is 8.99. The van der Waals surface area contributed by atoms with Gasteiger partial charge in [0.1, 0.15) is 0 Å². The van der Waals surface area contributed by atoms with E-state index < -0.39 is 5.97 Å². The second-order valence-corrected chi connectivity index (χ2v) is 8.21. The minimum atomic E-state index is -0.929. The molecule has 0 unspecified atom stereocenters. The van der Waals surface area contributed by atoms with Crippen molar-refractivity contribution in [2.75, 3.05) is 18.0 Å². The van der Waals surface area contributed by atoms with Crippen LogP contribution in [0.3, 0.4) is 0 Å². The van der Waals surface area contributed by atoms with Crippen LogP contribution >= 0.6 is 11.3 Å². The predicted molar refractivity (Wildman–Crippen MR) is 109 cm³/mol. The molecule has 0 atom stereocenters. The zero-order valence-corrected chi connectivity index (χ0v) is 17.1. The summed E-state index contributed by atoms with van der Waals surface area (Å²) in [5.74, 6) is -1.19. The largest absolute Gasteiger partial charge is 0.481 e. The Labute approximate surface area is 164 Å². The molecular formula is C20H27N3O3S. The highest BCUT2D eigenvalue weighted by atomic mass is 32.1. The summed E-state index contributed by atoms with van der Waals surface area (Å²) in [6.45, 7) is 10.2. The van der Waals surface area contributed by atoms with Crippen LogP contribution in [0.5, 0.6) is 0 Å². The number of hydrogen-bond acceptors (Lipinski definition) is 5. The first-order valence-corrected chi connectivity index (χ1v) is 9.88. The van der Waals surface area contributed by atoms with Crippen molar-refractivity contribution >= 4 is 28.3 Å². The van der Waals surface area contributed by atoms with E-state index in [1.54, 1.807) is 23.5 Å². The molecule has 0 saturated carbocycles. The van der Waals surface area contributed by atoms with Crippen LogP contribution in [0.2, 0.25) is 0 Å². The fourth-order valence-electron chi connectivity index (χ4n) is 2.44. The van der Waals surface area contributed by atoms with Crippen LogP contribution < -0.4 is 10.2 Å². The van der Waals surface area contributed by atoms with Gasteiger partial charge in [-0.1, -0.05) is 32.9 Å². The van der Waals surface area contributed by atoms with Crippen LogP contribution in [0.1, 0.15) is 55.7 Å². The van der Waals surface area contributed by atoms with Gasteiger partial charge in [-0.15, -0.1) is 11.3 Å². The van der Waals surface area contributed by atoms with E-state index in [1.165, 1.54) is 0 Å². The minimum absolute atomic E-state index is 0.0316. The van der Waals surface area contributed by atoms with Crippen molar-refractivity contribution in [1.82, 2.24) is 10.3 Å². The standard InChI is InChI=1S/C20H27N3O3S/c1-5-23(19-22-16(13-27-19)20(2,3)4)12-14-6-8-15(9-7-14)18(26)21-11-10-17(24)25/h6-9,13H,5,10-12H2,1-4H3,(H,21,26)(H,24,25). The molecular weight excluding hydrogens is 362 g/mol. The first kappa shape index (κ1) is 20.9. The first-order chi connectivity index (χ1) is 12.7. The second-order valence-electron chi connectivity index (χ2n) is 7.38. The van der Waals surface area contributed by atoms with Gasteiger partial charge in [-0.05, 0) is 24.6 Å². The summed E-state index contributed by atoms with van der Waals surface area (Å²) in [6, 6.07) is 7.38. The van der Waals surface area contributed by atoms with Gasteiger partial charge < -0.3 is 15.3 Å². The molecule has 0 spiro atoms. The highest BCUT2D eigenvalue weighted by molar-refractivity contribution is 7.13. The van der Waals surface area contributed by atoms with Crippen molar-refractivity contribution in [3.63, 3.8) is 0 Å². The molecule has 1 amide bonds. The van der Waals surface area contributed by atoms with E-state index in [-0.39, 0.29) is 24.3 Å². The topological polar surface area (TPSA) is 82.5 Å². The van der Waals surface area contributed by atoms with E-state index in [1.807, 2.05) is 12.1 Å². The molecule has 0 radical (unpaired) electrons. The highest BCUT2D eigenvalue weighted by Gasteiger charge is 2.19. The third-order valence-electron chi connectivity index (χ3n) is 4.13. The first-order valence-electron chi connectivity index (χ1n) is 9.00. The fourth-order valence-corrected chi connectivity index (χ4v) is 3.55. The quantitative estimate of drug-likeness (QED) is 0.720. The number of carbonyl (C=O) groups is 2. The molecule has 1 heterocycles. The molecule has 2 rings (SSSR count). The van der Waals surface area contributed by atoms with E-state index in [9.17, 15) is 9.59 Å². The third-order valence-corrected chi connectivity index (χ3v) is 5.03. The van der Waals surface area contributed by atoms with Crippen LogP contribution in [0.4, 0.5) is 5.13 Å². The fraction of sp³-hybridized carbons (Fsp3) is 0.450. The number of nitrogens with zero attached hydrogens (tertiary/aromatic N) is 2. The zero-order valence-electron chi connectivity index (χ0n) is 16.3. The maximum absolute atomic E-state index is 12.0. The molecule has 1 aromatic heterocycles. The Morgan fingerprint density at radius 3 is 2.41 bits per heavy atom. The number of aliphatic carboxylic acids is 1.